The molecule has 0 heterocycles. The summed E-state index contributed by atoms with van der Waals surface area (Å²) in [6.07, 6.45) is 19.6. The lowest BCUT2D eigenvalue weighted by atomic mass is 9.98. The molecule has 0 atom stereocenters. The number of aryl methyl sites for hydroxylation is 1. The summed E-state index contributed by atoms with van der Waals surface area (Å²) in [4.78, 5) is 37.2. The zero-order chi connectivity index (χ0) is 28.3. The van der Waals surface area contributed by atoms with E-state index in [1.54, 1.807) is 38.1 Å². The van der Waals surface area contributed by atoms with Crippen molar-refractivity contribution in [3.05, 3.63) is 70.8 Å². The van der Waals surface area contributed by atoms with Gasteiger partial charge in [0, 0.05) is 11.1 Å². The van der Waals surface area contributed by atoms with Gasteiger partial charge in [-0.15, -0.1) is 0 Å². The number of Topliss-reactive ketones (excluding diaryl/α,β-unsaturated/α-hetero) is 2. The SMILES string of the molecule is CCCCCCCCCCCCCCCCc1ccc(C(=O)CC(=O)c2ccc(C(=O)OC(C)C)cc2)cc1. The summed E-state index contributed by atoms with van der Waals surface area (Å²) in [6.45, 7) is 5.84. The summed E-state index contributed by atoms with van der Waals surface area (Å²) in [5.74, 6) is -0.865. The first kappa shape index (κ1) is 32.5. The Labute approximate surface area is 236 Å². The molecule has 0 saturated carbocycles. The van der Waals surface area contributed by atoms with Gasteiger partial charge in [-0.05, 0) is 44.4 Å². The molecule has 0 amide bonds. The number of ether oxygens (including phenoxy) is 1. The van der Waals surface area contributed by atoms with Gasteiger partial charge >= 0.3 is 5.97 Å². The molecule has 0 bridgehead atoms. The van der Waals surface area contributed by atoms with Crippen molar-refractivity contribution in [2.24, 2.45) is 0 Å². The molecule has 0 aliphatic carbocycles. The van der Waals surface area contributed by atoms with Crippen molar-refractivity contribution in [1.29, 1.82) is 0 Å². The van der Waals surface area contributed by atoms with E-state index in [4.69, 9.17) is 4.74 Å². The maximum atomic E-state index is 12.6. The minimum atomic E-state index is -0.422. The van der Waals surface area contributed by atoms with Gasteiger partial charge < -0.3 is 4.74 Å². The van der Waals surface area contributed by atoms with Crippen molar-refractivity contribution in [1.82, 2.24) is 0 Å². The summed E-state index contributed by atoms with van der Waals surface area (Å²) in [6, 6.07) is 14.0. The molecule has 0 fully saturated rings. The Balaban J connectivity index is 1.59. The van der Waals surface area contributed by atoms with E-state index in [0.717, 1.165) is 6.42 Å². The Kier molecular flexibility index (Phi) is 16.1. The van der Waals surface area contributed by atoms with Crippen LogP contribution in [-0.4, -0.2) is 23.6 Å². The molecule has 2 aromatic carbocycles. The predicted octanol–water partition coefficient (Wildman–Crippen LogP) is 9.73. The van der Waals surface area contributed by atoms with Crippen LogP contribution in [0.15, 0.2) is 48.5 Å². The van der Waals surface area contributed by atoms with Gasteiger partial charge in [-0.2, -0.15) is 0 Å². The predicted molar refractivity (Wildman–Crippen MR) is 161 cm³/mol. The molecule has 214 valence electrons. The van der Waals surface area contributed by atoms with Gasteiger partial charge in [-0.3, -0.25) is 9.59 Å². The van der Waals surface area contributed by atoms with Gasteiger partial charge in [0.25, 0.3) is 0 Å². The molecule has 4 nitrogen and oxygen atoms in total. The minimum absolute atomic E-state index is 0.186. The Morgan fingerprint density at radius 3 is 1.38 bits per heavy atom. The molecule has 0 unspecified atom stereocenters. The van der Waals surface area contributed by atoms with E-state index in [1.807, 2.05) is 24.3 Å². The molecule has 2 aromatic rings. The van der Waals surface area contributed by atoms with E-state index < -0.39 is 5.97 Å². The molecular formula is C35H50O4. The molecule has 0 aliphatic heterocycles. The quantitative estimate of drug-likeness (QED) is 0.0692. The fraction of sp³-hybridized carbons (Fsp3) is 0.571. The van der Waals surface area contributed by atoms with Crippen LogP contribution >= 0.6 is 0 Å². The molecule has 0 spiro atoms. The zero-order valence-electron chi connectivity index (χ0n) is 24.6. The highest BCUT2D eigenvalue weighted by atomic mass is 16.5. The van der Waals surface area contributed by atoms with E-state index in [0.29, 0.717) is 16.7 Å². The number of carbonyl (C=O) groups excluding carboxylic acids is 3. The van der Waals surface area contributed by atoms with Crippen molar-refractivity contribution in [2.45, 2.75) is 130 Å². The Bertz CT molecular complexity index is 973. The maximum absolute atomic E-state index is 12.6. The van der Waals surface area contributed by atoms with Gasteiger partial charge in [0.2, 0.25) is 0 Å². The maximum Gasteiger partial charge on any atom is 0.338 e. The molecular weight excluding hydrogens is 484 g/mol. The number of hydrogen-bond acceptors (Lipinski definition) is 4. The van der Waals surface area contributed by atoms with Crippen LogP contribution in [0.2, 0.25) is 0 Å². The highest BCUT2D eigenvalue weighted by Crippen LogP contribution is 2.16. The molecule has 0 N–H and O–H groups in total. The second kappa shape index (κ2) is 19.3. The van der Waals surface area contributed by atoms with Gasteiger partial charge in [0.1, 0.15) is 0 Å². The van der Waals surface area contributed by atoms with Crippen LogP contribution in [0.5, 0.6) is 0 Å². The van der Waals surface area contributed by atoms with Gasteiger partial charge in [-0.1, -0.05) is 127 Å². The minimum Gasteiger partial charge on any atom is -0.459 e. The second-order valence-electron chi connectivity index (χ2n) is 11.1. The number of carbonyl (C=O) groups is 3. The van der Waals surface area contributed by atoms with E-state index >= 15 is 0 Å². The lowest BCUT2D eigenvalue weighted by Crippen LogP contribution is -2.12. The molecule has 39 heavy (non-hydrogen) atoms. The van der Waals surface area contributed by atoms with Crippen LogP contribution in [0.25, 0.3) is 0 Å². The van der Waals surface area contributed by atoms with E-state index in [1.165, 1.54) is 95.5 Å². The second-order valence-corrected chi connectivity index (χ2v) is 11.1. The van der Waals surface area contributed by atoms with Gasteiger partial charge in [0.15, 0.2) is 11.6 Å². The van der Waals surface area contributed by atoms with E-state index in [2.05, 4.69) is 6.92 Å². The standard InChI is InChI=1S/C35H50O4/c1-4-5-6-7-8-9-10-11-12-13-14-15-16-17-18-29-19-21-30(22-20-29)33(36)27-34(37)31-23-25-32(26-24-31)35(38)39-28(2)3/h19-26,28H,4-18,27H2,1-3H3. The summed E-state index contributed by atoms with van der Waals surface area (Å²) in [5.41, 5.74) is 2.60. The Morgan fingerprint density at radius 1 is 0.564 bits per heavy atom. The lowest BCUT2D eigenvalue weighted by molar-refractivity contribution is 0.0377. The molecule has 0 aromatic heterocycles. The van der Waals surface area contributed by atoms with Crippen LogP contribution in [0.4, 0.5) is 0 Å². The Morgan fingerprint density at radius 2 is 0.949 bits per heavy atom. The average Bonchev–Trinajstić information content (AvgIpc) is 2.93. The van der Waals surface area contributed by atoms with Crippen LogP contribution in [0.3, 0.4) is 0 Å². The first-order valence-corrected chi connectivity index (χ1v) is 15.4. The monoisotopic (exact) mass is 534 g/mol. The van der Waals surface area contributed by atoms with Crippen molar-refractivity contribution < 1.29 is 19.1 Å². The zero-order valence-corrected chi connectivity index (χ0v) is 24.6. The molecule has 0 radical (unpaired) electrons. The van der Waals surface area contributed by atoms with E-state index in [-0.39, 0.29) is 24.1 Å². The summed E-state index contributed by atoms with van der Waals surface area (Å²) in [5, 5.41) is 0. The third kappa shape index (κ3) is 13.7. The number of unbranched alkanes of at least 4 members (excludes halogenated alkanes) is 13. The fourth-order valence-electron chi connectivity index (χ4n) is 4.81. The first-order valence-electron chi connectivity index (χ1n) is 15.4. The third-order valence-electron chi connectivity index (χ3n) is 7.20. The van der Waals surface area contributed by atoms with Crippen LogP contribution in [-0.2, 0) is 11.2 Å². The number of esters is 1. The molecule has 0 aliphatic rings. The normalized spacial score (nSPS) is 11.1. The Hall–Kier alpha value is -2.75. The summed E-state index contributed by atoms with van der Waals surface area (Å²) in [7, 11) is 0. The average molecular weight is 535 g/mol. The smallest absolute Gasteiger partial charge is 0.338 e. The topological polar surface area (TPSA) is 60.4 Å². The van der Waals surface area contributed by atoms with Crippen LogP contribution in [0, 0.1) is 0 Å². The molecule has 4 heteroatoms. The van der Waals surface area contributed by atoms with E-state index in [9.17, 15) is 14.4 Å². The number of benzene rings is 2. The van der Waals surface area contributed by atoms with Crippen molar-refractivity contribution in [2.75, 3.05) is 0 Å². The number of rotatable bonds is 21. The van der Waals surface area contributed by atoms with Gasteiger partial charge in [0.05, 0.1) is 18.1 Å². The van der Waals surface area contributed by atoms with Gasteiger partial charge in [-0.25, -0.2) is 4.79 Å². The summed E-state index contributed by atoms with van der Waals surface area (Å²) < 4.78 is 5.16. The lowest BCUT2D eigenvalue weighted by Gasteiger charge is -2.08. The molecule has 0 saturated heterocycles. The molecule has 2 rings (SSSR count). The highest BCUT2D eigenvalue weighted by Gasteiger charge is 2.15. The number of hydrogen-bond donors (Lipinski definition) is 0. The number of ketones is 2. The fourth-order valence-corrected chi connectivity index (χ4v) is 4.81. The van der Waals surface area contributed by atoms with Crippen molar-refractivity contribution in [3.8, 4) is 0 Å². The van der Waals surface area contributed by atoms with Crippen LogP contribution in [0.1, 0.15) is 154 Å². The largest absolute Gasteiger partial charge is 0.459 e. The van der Waals surface area contributed by atoms with Crippen LogP contribution < -0.4 is 0 Å². The van der Waals surface area contributed by atoms with Crippen molar-refractivity contribution >= 4 is 17.5 Å². The third-order valence-corrected chi connectivity index (χ3v) is 7.20. The van der Waals surface area contributed by atoms with Crippen molar-refractivity contribution in [3.63, 3.8) is 0 Å². The summed E-state index contributed by atoms with van der Waals surface area (Å²) >= 11 is 0. The first-order chi connectivity index (χ1) is 18.9. The highest BCUT2D eigenvalue weighted by molar-refractivity contribution is 6.13.